The van der Waals surface area contributed by atoms with Gasteiger partial charge in [-0.1, -0.05) is 37.9 Å². The number of carbonyl (C=O) groups excluding carboxylic acids is 2. The molecule has 24 heavy (non-hydrogen) atoms. The highest BCUT2D eigenvalue weighted by Gasteiger charge is 2.26. The van der Waals surface area contributed by atoms with Crippen molar-refractivity contribution in [2.24, 2.45) is 5.92 Å². The number of anilines is 1. The number of pyridine rings is 1. The van der Waals surface area contributed by atoms with Gasteiger partial charge >= 0.3 is 0 Å². The van der Waals surface area contributed by atoms with Crippen molar-refractivity contribution in [2.75, 3.05) is 5.32 Å². The number of benzene rings is 1. The number of carbonyl (C=O) groups is 2. The number of hydrogen-bond acceptors (Lipinski definition) is 3. The summed E-state index contributed by atoms with van der Waals surface area (Å²) in [6.45, 7) is 3.89. The van der Waals surface area contributed by atoms with Crippen molar-refractivity contribution in [1.29, 1.82) is 0 Å². The van der Waals surface area contributed by atoms with Crippen molar-refractivity contribution >= 4 is 29.2 Å². The standard InChI is InChI=1S/C18H20ClN3O2/c1-3-12(2)16(18(24)21-15-6-4-5-11-20-15)22-17(23)13-7-9-14(19)10-8-13/h4-12,16H,3H2,1-2H3,(H,22,23)(H,20,21,24)/t12-,16+/m1/s1. The van der Waals surface area contributed by atoms with E-state index in [-0.39, 0.29) is 17.7 Å². The molecule has 5 nitrogen and oxygen atoms in total. The largest absolute Gasteiger partial charge is 0.340 e. The number of halogens is 1. The number of hydrogen-bond donors (Lipinski definition) is 2. The summed E-state index contributed by atoms with van der Waals surface area (Å²) in [4.78, 5) is 29.0. The fourth-order valence-corrected chi connectivity index (χ4v) is 2.29. The average Bonchev–Trinajstić information content (AvgIpc) is 2.60. The molecular formula is C18H20ClN3O2. The Hall–Kier alpha value is -2.40. The summed E-state index contributed by atoms with van der Waals surface area (Å²) < 4.78 is 0. The molecule has 2 N–H and O–H groups in total. The highest BCUT2D eigenvalue weighted by Crippen LogP contribution is 2.13. The molecule has 126 valence electrons. The van der Waals surface area contributed by atoms with Gasteiger partial charge in [0.15, 0.2) is 0 Å². The van der Waals surface area contributed by atoms with E-state index in [2.05, 4.69) is 15.6 Å². The Kier molecular flexibility index (Phi) is 6.32. The number of rotatable bonds is 6. The minimum Gasteiger partial charge on any atom is -0.340 e. The number of nitrogens with one attached hydrogen (secondary N) is 2. The van der Waals surface area contributed by atoms with Gasteiger partial charge in [0.1, 0.15) is 11.9 Å². The van der Waals surface area contributed by atoms with Gasteiger partial charge in [-0.3, -0.25) is 9.59 Å². The van der Waals surface area contributed by atoms with E-state index in [1.54, 1.807) is 48.7 Å². The fourth-order valence-electron chi connectivity index (χ4n) is 2.17. The molecule has 0 aliphatic heterocycles. The highest BCUT2D eigenvalue weighted by molar-refractivity contribution is 6.30. The Morgan fingerprint density at radius 2 is 1.88 bits per heavy atom. The molecule has 0 bridgehead atoms. The second-order valence-electron chi connectivity index (χ2n) is 5.55. The normalized spacial score (nSPS) is 13.0. The van der Waals surface area contributed by atoms with Crippen LogP contribution in [-0.2, 0) is 4.79 Å². The van der Waals surface area contributed by atoms with Crippen LogP contribution in [0.2, 0.25) is 5.02 Å². The molecule has 6 heteroatoms. The summed E-state index contributed by atoms with van der Waals surface area (Å²) >= 11 is 5.83. The summed E-state index contributed by atoms with van der Waals surface area (Å²) in [5.74, 6) is -0.167. The van der Waals surface area contributed by atoms with E-state index in [0.717, 1.165) is 6.42 Å². The van der Waals surface area contributed by atoms with Crippen molar-refractivity contribution in [3.63, 3.8) is 0 Å². The molecule has 0 saturated carbocycles. The van der Waals surface area contributed by atoms with Crippen LogP contribution in [0.1, 0.15) is 30.6 Å². The quantitative estimate of drug-likeness (QED) is 0.841. The predicted molar refractivity (Wildman–Crippen MR) is 95.0 cm³/mol. The van der Waals surface area contributed by atoms with Gasteiger partial charge in [0, 0.05) is 16.8 Å². The van der Waals surface area contributed by atoms with E-state index in [4.69, 9.17) is 11.6 Å². The molecule has 0 radical (unpaired) electrons. The topological polar surface area (TPSA) is 71.1 Å². The number of aromatic nitrogens is 1. The summed E-state index contributed by atoms with van der Waals surface area (Å²) in [6, 6.07) is 11.1. The lowest BCUT2D eigenvalue weighted by molar-refractivity contribution is -0.119. The van der Waals surface area contributed by atoms with E-state index in [9.17, 15) is 9.59 Å². The molecular weight excluding hydrogens is 326 g/mol. The maximum absolute atomic E-state index is 12.5. The molecule has 1 aromatic heterocycles. The second kappa shape index (κ2) is 8.45. The molecule has 0 spiro atoms. The van der Waals surface area contributed by atoms with Crippen LogP contribution in [-0.4, -0.2) is 22.8 Å². The van der Waals surface area contributed by atoms with Crippen LogP contribution >= 0.6 is 11.6 Å². The first-order valence-electron chi connectivity index (χ1n) is 7.79. The molecule has 2 aromatic rings. The van der Waals surface area contributed by atoms with Gasteiger partial charge < -0.3 is 10.6 Å². The summed E-state index contributed by atoms with van der Waals surface area (Å²) in [5, 5.41) is 6.09. The maximum atomic E-state index is 12.5. The lowest BCUT2D eigenvalue weighted by Gasteiger charge is -2.23. The Morgan fingerprint density at radius 3 is 2.46 bits per heavy atom. The van der Waals surface area contributed by atoms with Gasteiger partial charge in [-0.25, -0.2) is 4.98 Å². The van der Waals surface area contributed by atoms with Gasteiger partial charge in [0.25, 0.3) is 5.91 Å². The van der Waals surface area contributed by atoms with Gasteiger partial charge in [-0.2, -0.15) is 0 Å². The summed E-state index contributed by atoms with van der Waals surface area (Å²) in [7, 11) is 0. The van der Waals surface area contributed by atoms with Crippen LogP contribution in [0.4, 0.5) is 5.82 Å². The first-order chi connectivity index (χ1) is 11.5. The minimum atomic E-state index is -0.653. The third-order valence-corrected chi connectivity index (χ3v) is 4.06. The fraction of sp³-hybridized carbons (Fsp3) is 0.278. The summed E-state index contributed by atoms with van der Waals surface area (Å²) in [5.41, 5.74) is 0.457. The molecule has 1 aromatic carbocycles. The van der Waals surface area contributed by atoms with Crippen LogP contribution in [0.3, 0.4) is 0 Å². The Balaban J connectivity index is 2.11. The molecule has 1 heterocycles. The van der Waals surface area contributed by atoms with Gasteiger partial charge in [0.05, 0.1) is 0 Å². The molecule has 0 aliphatic rings. The molecule has 2 rings (SSSR count). The van der Waals surface area contributed by atoms with E-state index in [1.165, 1.54) is 0 Å². The SMILES string of the molecule is CC[C@@H](C)[C@H](NC(=O)c1ccc(Cl)cc1)C(=O)Nc1ccccn1. The van der Waals surface area contributed by atoms with Crippen LogP contribution in [0.25, 0.3) is 0 Å². The molecule has 2 atom stereocenters. The minimum absolute atomic E-state index is 0.0232. The van der Waals surface area contributed by atoms with Gasteiger partial charge in [0.2, 0.25) is 5.91 Å². The van der Waals surface area contributed by atoms with Gasteiger partial charge in [-0.05, 0) is 42.3 Å². The zero-order valence-corrected chi connectivity index (χ0v) is 14.4. The van der Waals surface area contributed by atoms with Crippen LogP contribution in [0.5, 0.6) is 0 Å². The predicted octanol–water partition coefficient (Wildman–Crippen LogP) is 3.52. The zero-order chi connectivity index (χ0) is 17.5. The Bertz CT molecular complexity index is 689. The number of nitrogens with zero attached hydrogens (tertiary/aromatic N) is 1. The van der Waals surface area contributed by atoms with Crippen molar-refractivity contribution in [3.8, 4) is 0 Å². The van der Waals surface area contributed by atoms with E-state index in [0.29, 0.717) is 16.4 Å². The van der Waals surface area contributed by atoms with E-state index in [1.807, 2.05) is 13.8 Å². The van der Waals surface area contributed by atoms with Gasteiger partial charge in [-0.15, -0.1) is 0 Å². The first kappa shape index (κ1) is 17.9. The third-order valence-electron chi connectivity index (χ3n) is 3.80. The summed E-state index contributed by atoms with van der Waals surface area (Å²) in [6.07, 6.45) is 2.35. The molecule has 0 unspecified atom stereocenters. The lowest BCUT2D eigenvalue weighted by atomic mass is 9.98. The lowest BCUT2D eigenvalue weighted by Crippen LogP contribution is -2.47. The van der Waals surface area contributed by atoms with Crippen molar-refractivity contribution in [2.45, 2.75) is 26.3 Å². The molecule has 0 fully saturated rings. The maximum Gasteiger partial charge on any atom is 0.251 e. The van der Waals surface area contributed by atoms with Crippen LogP contribution < -0.4 is 10.6 Å². The van der Waals surface area contributed by atoms with E-state index < -0.39 is 6.04 Å². The van der Waals surface area contributed by atoms with Crippen molar-refractivity contribution in [1.82, 2.24) is 10.3 Å². The zero-order valence-electron chi connectivity index (χ0n) is 13.6. The average molecular weight is 346 g/mol. The second-order valence-corrected chi connectivity index (χ2v) is 5.98. The molecule has 0 saturated heterocycles. The highest BCUT2D eigenvalue weighted by atomic mass is 35.5. The van der Waals surface area contributed by atoms with Crippen LogP contribution in [0.15, 0.2) is 48.7 Å². The number of amides is 2. The van der Waals surface area contributed by atoms with Crippen molar-refractivity contribution < 1.29 is 9.59 Å². The molecule has 2 amide bonds. The Morgan fingerprint density at radius 1 is 1.17 bits per heavy atom. The molecule has 0 aliphatic carbocycles. The smallest absolute Gasteiger partial charge is 0.251 e. The van der Waals surface area contributed by atoms with Crippen LogP contribution in [0, 0.1) is 5.92 Å². The first-order valence-corrected chi connectivity index (χ1v) is 8.17. The Labute approximate surface area is 146 Å². The van der Waals surface area contributed by atoms with Crippen molar-refractivity contribution in [3.05, 3.63) is 59.2 Å². The van der Waals surface area contributed by atoms with E-state index >= 15 is 0 Å². The monoisotopic (exact) mass is 345 g/mol. The third kappa shape index (κ3) is 4.80.